The maximum absolute atomic E-state index is 13.6. The van der Waals surface area contributed by atoms with Crippen LogP contribution in [0.4, 0.5) is 13.2 Å². The maximum Gasteiger partial charge on any atom is 0.419 e. The van der Waals surface area contributed by atoms with Gasteiger partial charge in [0.05, 0.1) is 18.2 Å². The molecule has 0 amide bonds. The molecular weight excluding hydrogens is 395 g/mol. The average molecular weight is 425 g/mol. The third-order valence-electron chi connectivity index (χ3n) is 5.35. The number of alkyl halides is 3. The molecule has 2 heterocycles. The number of nitrogens with one attached hydrogen (secondary N) is 1. The van der Waals surface area contributed by atoms with Crippen LogP contribution in [-0.4, -0.2) is 23.3 Å². The normalized spacial score (nSPS) is 16.9. The molecule has 0 bridgehead atoms. The Morgan fingerprint density at radius 3 is 2.60 bits per heavy atom. The van der Waals surface area contributed by atoms with Gasteiger partial charge in [-0.1, -0.05) is 50.6 Å². The number of unbranched alkanes of at least 4 members (excludes halogenated alkanes) is 6. The number of benzene rings is 1. The van der Waals surface area contributed by atoms with E-state index < -0.39 is 11.7 Å². The minimum Gasteiger partial charge on any atom is -0.493 e. The lowest BCUT2D eigenvalue weighted by molar-refractivity contribution is -0.138. The zero-order valence-corrected chi connectivity index (χ0v) is 17.4. The van der Waals surface area contributed by atoms with Crippen molar-refractivity contribution in [3.63, 3.8) is 0 Å². The Balaban J connectivity index is 1.61. The van der Waals surface area contributed by atoms with Gasteiger partial charge in [-0.2, -0.15) is 18.2 Å². The molecule has 1 N–H and O–H groups in total. The molecule has 1 saturated heterocycles. The van der Waals surface area contributed by atoms with Gasteiger partial charge in [0.1, 0.15) is 5.75 Å². The summed E-state index contributed by atoms with van der Waals surface area (Å²) in [6, 6.07) is 3.91. The lowest BCUT2D eigenvalue weighted by atomic mass is 10.1. The molecule has 0 unspecified atom stereocenters. The van der Waals surface area contributed by atoms with Crippen molar-refractivity contribution in [2.75, 3.05) is 13.2 Å². The van der Waals surface area contributed by atoms with Crippen molar-refractivity contribution in [3.8, 4) is 17.1 Å². The molecule has 1 aliphatic rings. The first kappa shape index (κ1) is 22.6. The summed E-state index contributed by atoms with van der Waals surface area (Å²) < 4.78 is 51.5. The highest BCUT2D eigenvalue weighted by Crippen LogP contribution is 2.38. The zero-order valence-electron chi connectivity index (χ0n) is 17.4. The Hall–Kier alpha value is -2.09. The Morgan fingerprint density at radius 2 is 1.90 bits per heavy atom. The molecule has 1 aromatic heterocycles. The molecular formula is C22H30F3N3O2. The first-order valence-electron chi connectivity index (χ1n) is 10.9. The van der Waals surface area contributed by atoms with Gasteiger partial charge in [-0.25, -0.2) is 0 Å². The molecule has 30 heavy (non-hydrogen) atoms. The highest BCUT2D eigenvalue weighted by Gasteiger charge is 2.35. The van der Waals surface area contributed by atoms with Gasteiger partial charge in [0, 0.05) is 5.56 Å². The molecule has 0 spiro atoms. The minimum atomic E-state index is -4.52. The van der Waals surface area contributed by atoms with E-state index in [1.54, 1.807) is 6.07 Å². The van der Waals surface area contributed by atoms with Crippen LogP contribution >= 0.6 is 0 Å². The van der Waals surface area contributed by atoms with Gasteiger partial charge in [-0.3, -0.25) is 0 Å². The van der Waals surface area contributed by atoms with Crippen molar-refractivity contribution in [2.45, 2.75) is 76.9 Å². The fraction of sp³-hybridized carbons (Fsp3) is 0.636. The number of rotatable bonds is 11. The summed E-state index contributed by atoms with van der Waals surface area (Å²) in [5.74, 6) is 0.413. The third kappa shape index (κ3) is 6.20. The van der Waals surface area contributed by atoms with Gasteiger partial charge in [-0.15, -0.1) is 0 Å². The van der Waals surface area contributed by atoms with Crippen LogP contribution in [-0.2, 0) is 6.18 Å². The van der Waals surface area contributed by atoms with Gasteiger partial charge in [-0.05, 0) is 44.0 Å². The predicted molar refractivity (Wildman–Crippen MR) is 108 cm³/mol. The molecule has 2 aromatic rings. The Kier molecular flexibility index (Phi) is 8.13. The number of aromatic nitrogens is 2. The van der Waals surface area contributed by atoms with Crippen LogP contribution in [0.5, 0.6) is 5.75 Å². The molecule has 166 valence electrons. The summed E-state index contributed by atoms with van der Waals surface area (Å²) in [4.78, 5) is 4.28. The second-order valence-electron chi connectivity index (χ2n) is 7.78. The van der Waals surface area contributed by atoms with E-state index in [4.69, 9.17) is 9.26 Å². The van der Waals surface area contributed by atoms with Gasteiger partial charge >= 0.3 is 6.18 Å². The smallest absolute Gasteiger partial charge is 0.419 e. The Labute approximate surface area is 175 Å². The molecule has 1 fully saturated rings. The Morgan fingerprint density at radius 1 is 1.13 bits per heavy atom. The fourth-order valence-corrected chi connectivity index (χ4v) is 3.65. The number of hydrogen-bond donors (Lipinski definition) is 1. The first-order chi connectivity index (χ1) is 14.5. The number of nitrogens with zero attached hydrogens (tertiary/aromatic N) is 2. The van der Waals surface area contributed by atoms with Gasteiger partial charge < -0.3 is 14.6 Å². The van der Waals surface area contributed by atoms with E-state index in [1.165, 1.54) is 31.7 Å². The van der Waals surface area contributed by atoms with Crippen LogP contribution in [0, 0.1) is 0 Å². The summed E-state index contributed by atoms with van der Waals surface area (Å²) in [5.41, 5.74) is -0.549. The number of halogens is 3. The number of ether oxygens (including phenoxy) is 1. The van der Waals surface area contributed by atoms with Crippen molar-refractivity contribution in [3.05, 3.63) is 29.7 Å². The van der Waals surface area contributed by atoms with Gasteiger partial charge in [0.15, 0.2) is 0 Å². The highest BCUT2D eigenvalue weighted by atomic mass is 19.4. The van der Waals surface area contributed by atoms with Crippen LogP contribution < -0.4 is 10.1 Å². The van der Waals surface area contributed by atoms with Crippen LogP contribution in [0.25, 0.3) is 11.4 Å². The summed E-state index contributed by atoms with van der Waals surface area (Å²) in [5, 5.41) is 7.10. The Bertz CT molecular complexity index is 786. The van der Waals surface area contributed by atoms with E-state index in [9.17, 15) is 13.2 Å². The highest BCUT2D eigenvalue weighted by molar-refractivity contribution is 5.59. The zero-order chi connectivity index (χ0) is 21.4. The molecule has 1 aliphatic heterocycles. The number of hydrogen-bond acceptors (Lipinski definition) is 5. The van der Waals surface area contributed by atoms with Crippen molar-refractivity contribution >= 4 is 0 Å². The summed E-state index contributed by atoms with van der Waals surface area (Å²) in [7, 11) is 0. The van der Waals surface area contributed by atoms with Crippen LogP contribution in [0.3, 0.4) is 0 Å². The summed E-state index contributed by atoms with van der Waals surface area (Å²) in [6.07, 6.45) is 4.96. The van der Waals surface area contributed by atoms with Crippen molar-refractivity contribution in [1.82, 2.24) is 15.5 Å². The fourth-order valence-electron chi connectivity index (χ4n) is 3.65. The molecule has 3 rings (SSSR count). The molecule has 5 nitrogen and oxygen atoms in total. The molecule has 0 radical (unpaired) electrons. The van der Waals surface area contributed by atoms with Crippen molar-refractivity contribution < 1.29 is 22.4 Å². The van der Waals surface area contributed by atoms with E-state index in [0.717, 1.165) is 44.7 Å². The van der Waals surface area contributed by atoms with Crippen LogP contribution in [0.2, 0.25) is 0 Å². The second-order valence-corrected chi connectivity index (χ2v) is 7.78. The van der Waals surface area contributed by atoms with E-state index in [1.807, 2.05) is 0 Å². The van der Waals surface area contributed by atoms with Crippen molar-refractivity contribution in [2.24, 2.45) is 0 Å². The third-order valence-corrected chi connectivity index (χ3v) is 5.35. The van der Waals surface area contributed by atoms with Crippen LogP contribution in [0.15, 0.2) is 22.7 Å². The van der Waals surface area contributed by atoms with Gasteiger partial charge in [0.25, 0.3) is 0 Å². The van der Waals surface area contributed by atoms with E-state index >= 15 is 0 Å². The standard InChI is InChI=1S/C22H30F3N3O2/c1-2-3-4-5-6-7-8-14-29-19-12-11-16(15-17(19)22(23,24)25)20-27-21(30-28-20)18-10-9-13-26-18/h11-12,15,18,26H,2-10,13-14H2,1H3/t18-/m0/s1. The largest absolute Gasteiger partial charge is 0.493 e. The molecule has 1 atom stereocenters. The van der Waals surface area contributed by atoms with E-state index in [0.29, 0.717) is 5.89 Å². The van der Waals surface area contributed by atoms with Crippen LogP contribution in [0.1, 0.15) is 82.2 Å². The minimum absolute atomic E-state index is 0.0297. The SMILES string of the molecule is CCCCCCCCCOc1ccc(-c2noc([C@@H]3CCCN3)n2)cc1C(F)(F)F. The lowest BCUT2D eigenvalue weighted by Crippen LogP contribution is -2.13. The second kappa shape index (κ2) is 10.8. The summed E-state index contributed by atoms with van der Waals surface area (Å²) >= 11 is 0. The predicted octanol–water partition coefficient (Wildman–Crippen LogP) is 6.31. The lowest BCUT2D eigenvalue weighted by Gasteiger charge is -2.15. The van der Waals surface area contributed by atoms with E-state index in [2.05, 4.69) is 22.4 Å². The van der Waals surface area contributed by atoms with Crippen molar-refractivity contribution in [1.29, 1.82) is 0 Å². The van der Waals surface area contributed by atoms with E-state index in [-0.39, 0.29) is 29.8 Å². The molecule has 0 aliphatic carbocycles. The monoisotopic (exact) mass is 425 g/mol. The quantitative estimate of drug-likeness (QED) is 0.428. The summed E-state index contributed by atoms with van der Waals surface area (Å²) in [6.45, 7) is 3.31. The molecule has 1 aromatic carbocycles. The topological polar surface area (TPSA) is 60.2 Å². The molecule has 0 saturated carbocycles. The first-order valence-corrected chi connectivity index (χ1v) is 10.9. The molecule has 8 heteroatoms. The van der Waals surface area contributed by atoms with Gasteiger partial charge in [0.2, 0.25) is 11.7 Å². The average Bonchev–Trinajstić information content (AvgIpc) is 3.41. The maximum atomic E-state index is 13.6.